The molecule has 0 radical (unpaired) electrons. The van der Waals surface area contributed by atoms with Crippen LogP contribution in [0.25, 0.3) is 11.3 Å². The number of amides is 1. The lowest BCUT2D eigenvalue weighted by Crippen LogP contribution is -2.00. The first-order chi connectivity index (χ1) is 13.1. The van der Waals surface area contributed by atoms with Crippen molar-refractivity contribution in [3.8, 4) is 22.8 Å². The van der Waals surface area contributed by atoms with Crippen LogP contribution in [0.2, 0.25) is 0 Å². The topological polar surface area (TPSA) is 85.4 Å². The van der Waals surface area contributed by atoms with Crippen LogP contribution in [-0.2, 0) is 4.79 Å². The molecule has 138 valence electrons. The number of halogens is 1. The van der Waals surface area contributed by atoms with E-state index >= 15 is 0 Å². The molecule has 0 fully saturated rings. The van der Waals surface area contributed by atoms with E-state index in [-0.39, 0.29) is 0 Å². The highest BCUT2D eigenvalue weighted by Crippen LogP contribution is 2.32. The van der Waals surface area contributed by atoms with Crippen LogP contribution in [0, 0.1) is 5.82 Å². The Morgan fingerprint density at radius 3 is 2.56 bits per heavy atom. The number of hydrogen-bond donors (Lipinski definition) is 2. The summed E-state index contributed by atoms with van der Waals surface area (Å²) >= 11 is 0. The zero-order valence-electron chi connectivity index (χ0n) is 14.7. The van der Waals surface area contributed by atoms with E-state index in [0.717, 1.165) is 0 Å². The van der Waals surface area contributed by atoms with Crippen molar-refractivity contribution in [2.75, 3.05) is 24.9 Å². The molecule has 8 heteroatoms. The van der Waals surface area contributed by atoms with Crippen LogP contribution in [-0.4, -0.2) is 30.6 Å². The second kappa shape index (κ2) is 8.13. The Balaban J connectivity index is 1.91. The predicted molar refractivity (Wildman–Crippen MR) is 99.9 cm³/mol. The lowest BCUT2D eigenvalue weighted by atomic mass is 10.1. The lowest BCUT2D eigenvalue weighted by molar-refractivity contribution is -0.105. The molecule has 0 aliphatic carbocycles. The zero-order chi connectivity index (χ0) is 19.2. The lowest BCUT2D eigenvalue weighted by Gasteiger charge is -2.12. The maximum atomic E-state index is 13.4. The van der Waals surface area contributed by atoms with Gasteiger partial charge in [-0.15, -0.1) is 0 Å². The standard InChI is InChI=1S/C19H17FN4O3/c1-26-17-6-4-13(8-16(17)23-11-25)24-19-9-15(21-10-22-19)14-5-3-12(20)7-18(14)27-2/h3-11H,1-2H3,(H,23,25)(H,21,22,24). The molecule has 0 aliphatic heterocycles. The Hall–Kier alpha value is -3.68. The molecule has 1 amide bonds. The van der Waals surface area contributed by atoms with Crippen molar-refractivity contribution in [2.45, 2.75) is 0 Å². The van der Waals surface area contributed by atoms with Gasteiger partial charge in [0, 0.05) is 23.4 Å². The quantitative estimate of drug-likeness (QED) is 0.620. The summed E-state index contributed by atoms with van der Waals surface area (Å²) in [5.41, 5.74) is 2.43. The average Bonchev–Trinajstić information content (AvgIpc) is 2.68. The smallest absolute Gasteiger partial charge is 0.211 e. The number of methoxy groups -OCH3 is 2. The summed E-state index contributed by atoms with van der Waals surface area (Å²) < 4.78 is 23.8. The summed E-state index contributed by atoms with van der Waals surface area (Å²) in [5.74, 6) is 1.04. The van der Waals surface area contributed by atoms with Gasteiger partial charge >= 0.3 is 0 Å². The summed E-state index contributed by atoms with van der Waals surface area (Å²) in [5, 5.41) is 5.72. The Bertz CT molecular complexity index is 965. The van der Waals surface area contributed by atoms with Crippen molar-refractivity contribution in [3.05, 3.63) is 54.6 Å². The summed E-state index contributed by atoms with van der Waals surface area (Å²) in [6, 6.07) is 11.2. The number of anilines is 3. The molecule has 2 N–H and O–H groups in total. The number of carbonyl (C=O) groups excluding carboxylic acids is 1. The number of nitrogens with zero attached hydrogens (tertiary/aromatic N) is 2. The fourth-order valence-corrected chi connectivity index (χ4v) is 2.56. The molecule has 7 nitrogen and oxygen atoms in total. The molecule has 2 aromatic carbocycles. The van der Waals surface area contributed by atoms with Gasteiger partial charge in [0.05, 0.1) is 25.6 Å². The van der Waals surface area contributed by atoms with Gasteiger partial charge in [-0.2, -0.15) is 0 Å². The minimum atomic E-state index is -0.392. The Morgan fingerprint density at radius 1 is 1.00 bits per heavy atom. The van der Waals surface area contributed by atoms with Crippen molar-refractivity contribution in [3.63, 3.8) is 0 Å². The molecule has 0 saturated carbocycles. The number of nitrogens with one attached hydrogen (secondary N) is 2. The molecular weight excluding hydrogens is 351 g/mol. The molecule has 1 heterocycles. The summed E-state index contributed by atoms with van der Waals surface area (Å²) in [6.45, 7) is 0. The number of ether oxygens (including phenoxy) is 2. The second-order valence-corrected chi connectivity index (χ2v) is 5.44. The number of rotatable bonds is 7. The van der Waals surface area contributed by atoms with Crippen LogP contribution in [0.5, 0.6) is 11.5 Å². The van der Waals surface area contributed by atoms with Crippen LogP contribution >= 0.6 is 0 Å². The van der Waals surface area contributed by atoms with Crippen LogP contribution in [0.3, 0.4) is 0 Å². The molecule has 0 atom stereocenters. The van der Waals surface area contributed by atoms with E-state index in [1.165, 1.54) is 32.7 Å². The van der Waals surface area contributed by atoms with Crippen LogP contribution in [0.1, 0.15) is 0 Å². The first-order valence-electron chi connectivity index (χ1n) is 7.96. The first-order valence-corrected chi connectivity index (χ1v) is 7.96. The molecule has 0 aliphatic rings. The van der Waals surface area contributed by atoms with Crippen LogP contribution in [0.15, 0.2) is 48.8 Å². The van der Waals surface area contributed by atoms with E-state index in [0.29, 0.717) is 46.4 Å². The van der Waals surface area contributed by atoms with E-state index in [1.807, 2.05) is 0 Å². The average molecular weight is 368 g/mol. The fourth-order valence-electron chi connectivity index (χ4n) is 2.56. The van der Waals surface area contributed by atoms with Gasteiger partial charge in [-0.1, -0.05) is 0 Å². The van der Waals surface area contributed by atoms with E-state index < -0.39 is 5.82 Å². The van der Waals surface area contributed by atoms with E-state index in [1.54, 1.807) is 30.3 Å². The van der Waals surface area contributed by atoms with E-state index in [2.05, 4.69) is 20.6 Å². The summed E-state index contributed by atoms with van der Waals surface area (Å²) in [4.78, 5) is 19.2. The highest BCUT2D eigenvalue weighted by Gasteiger charge is 2.10. The molecule has 1 aromatic heterocycles. The minimum Gasteiger partial charge on any atom is -0.496 e. The largest absolute Gasteiger partial charge is 0.496 e. The summed E-state index contributed by atoms with van der Waals surface area (Å²) in [6.07, 6.45) is 1.97. The van der Waals surface area contributed by atoms with Gasteiger partial charge < -0.3 is 20.1 Å². The van der Waals surface area contributed by atoms with Crippen molar-refractivity contribution >= 4 is 23.6 Å². The van der Waals surface area contributed by atoms with Gasteiger partial charge in [0.1, 0.15) is 29.5 Å². The van der Waals surface area contributed by atoms with Gasteiger partial charge in [-0.3, -0.25) is 4.79 Å². The van der Waals surface area contributed by atoms with Crippen molar-refractivity contribution in [1.29, 1.82) is 0 Å². The number of aromatic nitrogens is 2. The highest BCUT2D eigenvalue weighted by atomic mass is 19.1. The van der Waals surface area contributed by atoms with E-state index in [4.69, 9.17) is 9.47 Å². The van der Waals surface area contributed by atoms with E-state index in [9.17, 15) is 9.18 Å². The monoisotopic (exact) mass is 368 g/mol. The normalized spacial score (nSPS) is 10.2. The minimum absolute atomic E-state index is 0.376. The maximum Gasteiger partial charge on any atom is 0.211 e. The Labute approximate surface area is 155 Å². The SMILES string of the molecule is COc1ccc(Nc2cc(-c3ccc(F)cc3OC)ncn2)cc1NC=O. The number of carbonyl (C=O) groups is 1. The third kappa shape index (κ3) is 4.12. The van der Waals surface area contributed by atoms with Crippen molar-refractivity contribution in [2.24, 2.45) is 0 Å². The zero-order valence-corrected chi connectivity index (χ0v) is 14.7. The maximum absolute atomic E-state index is 13.4. The third-order valence-electron chi connectivity index (χ3n) is 3.79. The Kier molecular flexibility index (Phi) is 5.46. The van der Waals surface area contributed by atoms with Crippen molar-refractivity contribution in [1.82, 2.24) is 9.97 Å². The van der Waals surface area contributed by atoms with Gasteiger partial charge in [0.2, 0.25) is 6.41 Å². The number of benzene rings is 2. The molecule has 0 saturated heterocycles. The molecular formula is C19H17FN4O3. The van der Waals surface area contributed by atoms with Crippen LogP contribution < -0.4 is 20.1 Å². The van der Waals surface area contributed by atoms with Gasteiger partial charge in [-0.25, -0.2) is 14.4 Å². The van der Waals surface area contributed by atoms with Gasteiger partial charge in [-0.05, 0) is 30.3 Å². The van der Waals surface area contributed by atoms with Crippen LogP contribution in [0.4, 0.5) is 21.6 Å². The molecule has 27 heavy (non-hydrogen) atoms. The molecule has 0 bridgehead atoms. The molecule has 0 unspecified atom stereocenters. The third-order valence-corrected chi connectivity index (χ3v) is 3.79. The fraction of sp³-hybridized carbons (Fsp3) is 0.105. The first kappa shape index (κ1) is 18.1. The Morgan fingerprint density at radius 2 is 1.81 bits per heavy atom. The van der Waals surface area contributed by atoms with Gasteiger partial charge in [0.25, 0.3) is 0 Å². The summed E-state index contributed by atoms with van der Waals surface area (Å²) in [7, 11) is 2.99. The number of hydrogen-bond acceptors (Lipinski definition) is 6. The highest BCUT2D eigenvalue weighted by molar-refractivity contribution is 5.79. The predicted octanol–water partition coefficient (Wildman–Crippen LogP) is 3.61. The molecule has 3 rings (SSSR count). The van der Waals surface area contributed by atoms with Crippen molar-refractivity contribution < 1.29 is 18.7 Å². The molecule has 0 spiro atoms. The van der Waals surface area contributed by atoms with Gasteiger partial charge in [0.15, 0.2) is 0 Å². The second-order valence-electron chi connectivity index (χ2n) is 5.44. The molecule has 3 aromatic rings.